The van der Waals surface area contributed by atoms with Crippen molar-refractivity contribution in [2.24, 2.45) is 0 Å². The van der Waals surface area contributed by atoms with Crippen LogP contribution in [0.4, 0.5) is 0 Å². The number of hydrogen-bond acceptors (Lipinski definition) is 1. The second-order valence-corrected chi connectivity index (χ2v) is 0.879. The summed E-state index contributed by atoms with van der Waals surface area (Å²) in [5.41, 5.74) is 0. The Labute approximate surface area is 64.0 Å². The Morgan fingerprint density at radius 1 is 1.67 bits per heavy atom. The van der Waals surface area contributed by atoms with E-state index in [1.165, 1.54) is 0 Å². The smallest absolute Gasteiger partial charge is 0.428 e. The van der Waals surface area contributed by atoms with Crippen molar-refractivity contribution in [2.75, 3.05) is 6.61 Å². The molecule has 0 bridgehead atoms. The second kappa shape index (κ2) is 9.42. The molecule has 0 aromatic rings. The number of unbranched alkanes of at least 4 members (excludes halogenated alkanes) is 1. The quantitative estimate of drug-likeness (QED) is 0.589. The first-order chi connectivity index (χ1) is 2.41. The van der Waals surface area contributed by atoms with Crippen molar-refractivity contribution in [1.29, 1.82) is 0 Å². The Kier molecular flexibility index (Phi) is 15.9. The molecular formula is C4H9OY+2. The van der Waals surface area contributed by atoms with Crippen molar-refractivity contribution in [2.45, 2.75) is 13.3 Å². The van der Waals surface area contributed by atoms with E-state index in [2.05, 4.69) is 0 Å². The molecule has 0 atom stereocenters. The second-order valence-electron chi connectivity index (χ2n) is 0.879. The molecule has 2 heteroatoms. The number of aliphatic hydroxyl groups is 1. The van der Waals surface area contributed by atoms with Crippen molar-refractivity contribution in [1.82, 2.24) is 0 Å². The van der Waals surface area contributed by atoms with Crippen LogP contribution in [0, 0.1) is 6.42 Å². The van der Waals surface area contributed by atoms with Gasteiger partial charge in [-0.2, -0.15) is 6.42 Å². The van der Waals surface area contributed by atoms with Crippen LogP contribution in [0.2, 0.25) is 0 Å². The molecular weight excluding hydrogens is 153 g/mol. The van der Waals surface area contributed by atoms with E-state index >= 15 is 0 Å². The summed E-state index contributed by atoms with van der Waals surface area (Å²) in [5.74, 6) is 0. The van der Waals surface area contributed by atoms with E-state index in [4.69, 9.17) is 5.11 Å². The monoisotopic (exact) mass is 162 g/mol. The first-order valence-electron chi connectivity index (χ1n) is 1.84. The summed E-state index contributed by atoms with van der Waals surface area (Å²) in [6.45, 7) is 2.22. The van der Waals surface area contributed by atoms with Crippen LogP contribution in [-0.4, -0.2) is 11.7 Å². The van der Waals surface area contributed by atoms with Crippen molar-refractivity contribution >= 4 is 0 Å². The molecule has 0 aromatic heterocycles. The first-order valence-corrected chi connectivity index (χ1v) is 1.84. The van der Waals surface area contributed by atoms with Crippen molar-refractivity contribution < 1.29 is 37.8 Å². The molecule has 0 aliphatic heterocycles. The fourth-order valence-electron chi connectivity index (χ4n) is 0.129. The van der Waals surface area contributed by atoms with E-state index in [0.717, 1.165) is 6.42 Å². The van der Waals surface area contributed by atoms with E-state index in [1.54, 1.807) is 6.42 Å². The topological polar surface area (TPSA) is 20.2 Å². The van der Waals surface area contributed by atoms with Gasteiger partial charge in [-0.3, -0.25) is 0 Å². The zero-order chi connectivity index (χ0) is 4.12. The summed E-state index contributed by atoms with van der Waals surface area (Å²) in [4.78, 5) is 0. The normalized spacial score (nSPS) is 7.00. The van der Waals surface area contributed by atoms with Crippen LogP contribution in [0.25, 0.3) is 0 Å². The Balaban J connectivity index is 0. The third-order valence-corrected chi connectivity index (χ3v) is 0.418. The van der Waals surface area contributed by atoms with Crippen molar-refractivity contribution in [3.63, 3.8) is 0 Å². The molecule has 0 spiro atoms. The van der Waals surface area contributed by atoms with Gasteiger partial charge in [0.05, 0.1) is 0 Å². The predicted octanol–water partition coefficient (Wildman–Crippen LogP) is 0.590. The molecule has 6 heavy (non-hydrogen) atoms. The molecule has 0 rings (SSSR count). The maximum Gasteiger partial charge on any atom is 3.00 e. The van der Waals surface area contributed by atoms with Crippen LogP contribution >= 0.6 is 0 Å². The maximum absolute atomic E-state index is 8.01. The SMILES string of the molecule is CC[CH-]CO.[Y+3]. The minimum atomic E-state index is 0. The summed E-state index contributed by atoms with van der Waals surface area (Å²) < 4.78 is 0. The molecule has 0 radical (unpaired) electrons. The Hall–Kier alpha value is 1.06. The minimum Gasteiger partial charge on any atom is -0.428 e. The van der Waals surface area contributed by atoms with Gasteiger partial charge >= 0.3 is 32.7 Å². The van der Waals surface area contributed by atoms with Gasteiger partial charge in [0.2, 0.25) is 0 Å². The van der Waals surface area contributed by atoms with E-state index < -0.39 is 0 Å². The minimum absolute atomic E-state index is 0. The molecule has 32 valence electrons. The van der Waals surface area contributed by atoms with Gasteiger partial charge in [0.15, 0.2) is 0 Å². The van der Waals surface area contributed by atoms with E-state index in [0.29, 0.717) is 0 Å². The van der Waals surface area contributed by atoms with Gasteiger partial charge in [0.1, 0.15) is 0 Å². The van der Waals surface area contributed by atoms with Gasteiger partial charge in [-0.05, 0) is 0 Å². The van der Waals surface area contributed by atoms with Gasteiger partial charge in [0.25, 0.3) is 0 Å². The summed E-state index contributed by atoms with van der Waals surface area (Å²) in [6.07, 6.45) is 2.77. The molecule has 0 aliphatic rings. The molecule has 0 fully saturated rings. The van der Waals surface area contributed by atoms with Gasteiger partial charge in [0, 0.05) is 0 Å². The molecule has 0 amide bonds. The van der Waals surface area contributed by atoms with E-state index in [-0.39, 0.29) is 39.3 Å². The maximum atomic E-state index is 8.01. The summed E-state index contributed by atoms with van der Waals surface area (Å²) in [5, 5.41) is 8.01. The zero-order valence-electron chi connectivity index (χ0n) is 4.02. The molecule has 0 aliphatic carbocycles. The van der Waals surface area contributed by atoms with Gasteiger partial charge in [-0.1, -0.05) is 13.5 Å². The Morgan fingerprint density at radius 3 is 2.17 bits per heavy atom. The van der Waals surface area contributed by atoms with Crippen LogP contribution in [0.3, 0.4) is 0 Å². The molecule has 0 saturated carbocycles. The van der Waals surface area contributed by atoms with Gasteiger partial charge in [-0.15, -0.1) is 0 Å². The molecule has 0 saturated heterocycles. The average molecular weight is 162 g/mol. The Bertz CT molecular complexity index is 15.0. The van der Waals surface area contributed by atoms with Crippen LogP contribution in [-0.2, 0) is 32.7 Å². The molecule has 0 aromatic carbocycles. The molecule has 1 N–H and O–H groups in total. The van der Waals surface area contributed by atoms with Gasteiger partial charge in [-0.25, -0.2) is 0 Å². The third-order valence-electron chi connectivity index (χ3n) is 0.418. The van der Waals surface area contributed by atoms with Crippen LogP contribution in [0.15, 0.2) is 0 Å². The van der Waals surface area contributed by atoms with Crippen LogP contribution in [0.1, 0.15) is 13.3 Å². The van der Waals surface area contributed by atoms with Gasteiger partial charge < -0.3 is 11.5 Å². The first kappa shape index (κ1) is 10.1. The van der Waals surface area contributed by atoms with Crippen LogP contribution in [0.5, 0.6) is 0 Å². The largest absolute Gasteiger partial charge is 3.00 e. The zero-order valence-corrected chi connectivity index (χ0v) is 6.85. The molecule has 0 heterocycles. The van der Waals surface area contributed by atoms with E-state index in [1.807, 2.05) is 6.92 Å². The predicted molar refractivity (Wildman–Crippen MR) is 21.7 cm³/mol. The molecule has 0 unspecified atom stereocenters. The fraction of sp³-hybridized carbons (Fsp3) is 0.750. The molecule has 1 nitrogen and oxygen atoms in total. The summed E-state index contributed by atoms with van der Waals surface area (Å²) >= 11 is 0. The fourth-order valence-corrected chi connectivity index (χ4v) is 0.129. The van der Waals surface area contributed by atoms with Crippen molar-refractivity contribution in [3.05, 3.63) is 6.42 Å². The number of rotatable bonds is 2. The third kappa shape index (κ3) is 8.91. The van der Waals surface area contributed by atoms with E-state index in [9.17, 15) is 0 Å². The summed E-state index contributed by atoms with van der Waals surface area (Å²) in [7, 11) is 0. The average Bonchev–Trinajstić information content (AvgIpc) is 1.41. The Morgan fingerprint density at radius 2 is 2.17 bits per heavy atom. The summed E-state index contributed by atoms with van der Waals surface area (Å²) in [6, 6.07) is 0. The van der Waals surface area contributed by atoms with Crippen LogP contribution < -0.4 is 0 Å². The van der Waals surface area contributed by atoms with Crippen molar-refractivity contribution in [3.8, 4) is 0 Å². The number of hydrogen-bond donors (Lipinski definition) is 1. The number of aliphatic hydroxyl groups excluding tert-OH is 1. The standard InChI is InChI=1S/C4H9O.Y/c1-2-3-4-5;/h3,5H,2,4H2,1H3;/q-1;+3.